The molecule has 3 nitrogen and oxygen atoms in total. The Labute approximate surface area is 127 Å². The summed E-state index contributed by atoms with van der Waals surface area (Å²) in [6.45, 7) is 0. The van der Waals surface area contributed by atoms with Crippen LogP contribution in [0.2, 0.25) is 10.0 Å². The third-order valence-corrected chi connectivity index (χ3v) is 3.26. The average molecular weight is 310 g/mol. The average Bonchev–Trinajstić information content (AvgIpc) is 2.45. The Balaban J connectivity index is 2.28. The van der Waals surface area contributed by atoms with E-state index in [1.54, 1.807) is 42.5 Å². The summed E-state index contributed by atoms with van der Waals surface area (Å²) in [6, 6.07) is 13.5. The van der Waals surface area contributed by atoms with Crippen LogP contribution in [0.5, 0.6) is 0 Å². The monoisotopic (exact) mass is 309 g/mol. The van der Waals surface area contributed by atoms with Crippen LogP contribution >= 0.6 is 23.2 Å². The lowest BCUT2D eigenvalue weighted by molar-refractivity contribution is -0.141. The van der Waals surface area contributed by atoms with E-state index < -0.39 is 6.04 Å². The Morgan fingerprint density at radius 3 is 2.40 bits per heavy atom. The molecule has 2 rings (SSSR count). The van der Waals surface area contributed by atoms with E-state index in [1.807, 2.05) is 6.07 Å². The van der Waals surface area contributed by atoms with E-state index in [4.69, 9.17) is 27.9 Å². The molecule has 0 aliphatic rings. The molecule has 0 aliphatic carbocycles. The van der Waals surface area contributed by atoms with Gasteiger partial charge >= 0.3 is 5.97 Å². The van der Waals surface area contributed by atoms with Crippen LogP contribution < -0.4 is 5.32 Å². The summed E-state index contributed by atoms with van der Waals surface area (Å²) in [7, 11) is 1.35. The molecule has 1 atom stereocenters. The van der Waals surface area contributed by atoms with E-state index in [-0.39, 0.29) is 5.97 Å². The van der Waals surface area contributed by atoms with E-state index in [2.05, 4.69) is 5.32 Å². The third-order valence-electron chi connectivity index (χ3n) is 2.78. The smallest absolute Gasteiger partial charge is 0.332 e. The van der Waals surface area contributed by atoms with Gasteiger partial charge in [-0.1, -0.05) is 41.4 Å². The first-order valence-corrected chi connectivity index (χ1v) is 6.71. The van der Waals surface area contributed by atoms with Crippen LogP contribution in [0.4, 0.5) is 5.69 Å². The number of nitrogens with one attached hydrogen (secondary N) is 1. The molecule has 0 aromatic heterocycles. The zero-order valence-electron chi connectivity index (χ0n) is 10.8. The highest BCUT2D eigenvalue weighted by atomic mass is 35.5. The van der Waals surface area contributed by atoms with Crippen LogP contribution in [0.1, 0.15) is 11.6 Å². The molecule has 0 amide bonds. The van der Waals surface area contributed by atoms with Crippen molar-refractivity contribution < 1.29 is 9.53 Å². The molecule has 0 fully saturated rings. The molecule has 20 heavy (non-hydrogen) atoms. The van der Waals surface area contributed by atoms with E-state index in [1.165, 1.54) is 7.11 Å². The molecule has 0 spiro atoms. The molecule has 5 heteroatoms. The van der Waals surface area contributed by atoms with Crippen molar-refractivity contribution in [3.05, 3.63) is 64.1 Å². The van der Waals surface area contributed by atoms with Crippen molar-refractivity contribution in [2.45, 2.75) is 6.04 Å². The summed E-state index contributed by atoms with van der Waals surface area (Å²) in [4.78, 5) is 11.9. The Morgan fingerprint density at radius 1 is 1.10 bits per heavy atom. The van der Waals surface area contributed by atoms with Crippen molar-refractivity contribution in [1.82, 2.24) is 0 Å². The summed E-state index contributed by atoms with van der Waals surface area (Å²) in [5.74, 6) is -0.382. The van der Waals surface area contributed by atoms with Crippen molar-refractivity contribution in [1.29, 1.82) is 0 Å². The fourth-order valence-corrected chi connectivity index (χ4v) is 2.11. The van der Waals surface area contributed by atoms with Crippen molar-refractivity contribution in [3.63, 3.8) is 0 Å². The highest BCUT2D eigenvalue weighted by molar-refractivity contribution is 6.31. The Morgan fingerprint density at radius 2 is 1.80 bits per heavy atom. The summed E-state index contributed by atoms with van der Waals surface area (Å²) >= 11 is 11.8. The fourth-order valence-electron chi connectivity index (χ4n) is 1.80. The Bertz CT molecular complexity index is 599. The number of hydrogen-bond acceptors (Lipinski definition) is 3. The molecular formula is C15H13Cl2NO2. The zero-order chi connectivity index (χ0) is 14.5. The van der Waals surface area contributed by atoms with Gasteiger partial charge in [-0.2, -0.15) is 0 Å². The number of esters is 1. The fraction of sp³-hybridized carbons (Fsp3) is 0.133. The lowest BCUT2D eigenvalue weighted by Gasteiger charge is -2.18. The lowest BCUT2D eigenvalue weighted by Crippen LogP contribution is -2.22. The number of carbonyl (C=O) groups is 1. The second kappa shape index (κ2) is 6.64. The second-order valence-electron chi connectivity index (χ2n) is 4.16. The van der Waals surface area contributed by atoms with Crippen LogP contribution in [0.15, 0.2) is 48.5 Å². The first-order valence-electron chi connectivity index (χ1n) is 5.95. The van der Waals surface area contributed by atoms with Crippen LogP contribution in [0.25, 0.3) is 0 Å². The topological polar surface area (TPSA) is 38.3 Å². The van der Waals surface area contributed by atoms with Gasteiger partial charge in [0.25, 0.3) is 0 Å². The summed E-state index contributed by atoms with van der Waals surface area (Å²) in [5.41, 5.74) is 1.50. The van der Waals surface area contributed by atoms with E-state index in [0.29, 0.717) is 10.0 Å². The quantitative estimate of drug-likeness (QED) is 0.855. The van der Waals surface area contributed by atoms with Gasteiger partial charge in [-0.15, -0.1) is 0 Å². The third kappa shape index (κ3) is 3.65. The lowest BCUT2D eigenvalue weighted by atomic mass is 10.1. The molecule has 2 aromatic carbocycles. The molecule has 0 saturated heterocycles. The van der Waals surface area contributed by atoms with Gasteiger partial charge in [0.05, 0.1) is 7.11 Å². The van der Waals surface area contributed by atoms with Gasteiger partial charge in [-0.25, -0.2) is 4.79 Å². The van der Waals surface area contributed by atoms with Crippen LogP contribution in [-0.2, 0) is 9.53 Å². The minimum absolute atomic E-state index is 0.382. The van der Waals surface area contributed by atoms with Crippen LogP contribution in [0.3, 0.4) is 0 Å². The van der Waals surface area contributed by atoms with Gasteiger partial charge in [0.2, 0.25) is 0 Å². The van der Waals surface area contributed by atoms with Crippen molar-refractivity contribution in [2.75, 3.05) is 12.4 Å². The number of methoxy groups -OCH3 is 1. The molecule has 2 aromatic rings. The highest BCUT2D eigenvalue weighted by Gasteiger charge is 2.21. The summed E-state index contributed by atoms with van der Waals surface area (Å²) in [6.07, 6.45) is 0. The minimum atomic E-state index is -0.615. The van der Waals surface area contributed by atoms with Crippen LogP contribution in [0, 0.1) is 0 Å². The molecule has 1 unspecified atom stereocenters. The predicted octanol–water partition coefficient (Wildman–Crippen LogP) is 4.32. The maximum atomic E-state index is 11.9. The number of anilines is 1. The number of carbonyl (C=O) groups excluding carboxylic acids is 1. The van der Waals surface area contributed by atoms with Crippen LogP contribution in [-0.4, -0.2) is 13.1 Å². The SMILES string of the molecule is COC(=O)C(Nc1cccc(Cl)c1)c1ccc(Cl)cc1. The maximum absolute atomic E-state index is 11.9. The van der Waals surface area contributed by atoms with Gasteiger partial charge in [-0.05, 0) is 35.9 Å². The highest BCUT2D eigenvalue weighted by Crippen LogP contribution is 2.24. The van der Waals surface area contributed by atoms with Gasteiger partial charge in [-0.3, -0.25) is 0 Å². The molecule has 0 bridgehead atoms. The first kappa shape index (κ1) is 14.7. The van der Waals surface area contributed by atoms with E-state index in [9.17, 15) is 4.79 Å². The van der Waals surface area contributed by atoms with Crippen molar-refractivity contribution in [3.8, 4) is 0 Å². The number of rotatable bonds is 4. The van der Waals surface area contributed by atoms with Gasteiger partial charge < -0.3 is 10.1 Å². The first-order chi connectivity index (χ1) is 9.60. The predicted molar refractivity (Wildman–Crippen MR) is 81.3 cm³/mol. The van der Waals surface area contributed by atoms with Gasteiger partial charge in [0.15, 0.2) is 6.04 Å². The normalized spacial score (nSPS) is 11.8. The molecular weight excluding hydrogens is 297 g/mol. The Hall–Kier alpha value is -1.71. The molecule has 104 valence electrons. The van der Waals surface area contributed by atoms with Gasteiger partial charge in [0, 0.05) is 15.7 Å². The number of hydrogen-bond donors (Lipinski definition) is 1. The maximum Gasteiger partial charge on any atom is 0.332 e. The minimum Gasteiger partial charge on any atom is -0.467 e. The standard InChI is InChI=1S/C15H13Cl2NO2/c1-20-15(19)14(10-5-7-11(16)8-6-10)18-13-4-2-3-12(17)9-13/h2-9,14,18H,1H3. The summed E-state index contributed by atoms with van der Waals surface area (Å²) in [5, 5.41) is 4.31. The molecule has 0 saturated carbocycles. The van der Waals surface area contributed by atoms with E-state index in [0.717, 1.165) is 11.3 Å². The number of ether oxygens (including phenoxy) is 1. The molecule has 0 aliphatic heterocycles. The zero-order valence-corrected chi connectivity index (χ0v) is 12.3. The summed E-state index contributed by atoms with van der Waals surface area (Å²) < 4.78 is 4.83. The van der Waals surface area contributed by atoms with Crippen molar-refractivity contribution in [2.24, 2.45) is 0 Å². The second-order valence-corrected chi connectivity index (χ2v) is 5.04. The largest absolute Gasteiger partial charge is 0.467 e. The molecule has 0 heterocycles. The van der Waals surface area contributed by atoms with Crippen molar-refractivity contribution >= 4 is 34.9 Å². The van der Waals surface area contributed by atoms with E-state index >= 15 is 0 Å². The number of benzene rings is 2. The molecule has 0 radical (unpaired) electrons. The Kier molecular flexibility index (Phi) is 4.88. The molecule has 1 N–H and O–H groups in total. The number of halogens is 2. The van der Waals surface area contributed by atoms with Gasteiger partial charge in [0.1, 0.15) is 0 Å².